The summed E-state index contributed by atoms with van der Waals surface area (Å²) in [4.78, 5) is 29.8. The van der Waals surface area contributed by atoms with E-state index in [4.69, 9.17) is 23.2 Å². The number of unbranched alkanes of at least 4 members (excludes halogenated alkanes) is 4. The van der Waals surface area contributed by atoms with E-state index in [-0.39, 0.29) is 6.03 Å². The van der Waals surface area contributed by atoms with E-state index >= 15 is 0 Å². The number of rotatable bonds is 9. The van der Waals surface area contributed by atoms with Crippen LogP contribution >= 0.6 is 23.2 Å². The SMILES string of the molecule is CCCCCCCN1C(=O)N(c2ccc(Cl)cc2)C(N(O)C(=O)Nc2ccc(Cl)cc2)C1(C)C. The third-order valence-electron chi connectivity index (χ3n) is 6.13. The number of hydrogen-bond donors (Lipinski definition) is 2. The van der Waals surface area contributed by atoms with Crippen LogP contribution in [0, 0.1) is 0 Å². The van der Waals surface area contributed by atoms with Gasteiger partial charge >= 0.3 is 12.1 Å². The molecule has 0 aliphatic carbocycles. The summed E-state index contributed by atoms with van der Waals surface area (Å²) in [5, 5.41) is 15.4. The van der Waals surface area contributed by atoms with Crippen molar-refractivity contribution in [3.63, 3.8) is 0 Å². The molecule has 2 aromatic carbocycles. The van der Waals surface area contributed by atoms with Crippen molar-refractivity contribution in [3.8, 4) is 0 Å². The smallest absolute Gasteiger partial charge is 0.315 e. The van der Waals surface area contributed by atoms with Crippen LogP contribution in [-0.2, 0) is 0 Å². The molecule has 2 aromatic rings. The van der Waals surface area contributed by atoms with Crippen LogP contribution in [0.3, 0.4) is 0 Å². The summed E-state index contributed by atoms with van der Waals surface area (Å²) in [6.45, 7) is 6.40. The molecule has 1 atom stereocenters. The highest BCUT2D eigenvalue weighted by Gasteiger charge is 2.55. The van der Waals surface area contributed by atoms with Gasteiger partial charge in [-0.1, -0.05) is 55.8 Å². The van der Waals surface area contributed by atoms with Crippen molar-refractivity contribution in [2.24, 2.45) is 0 Å². The monoisotopic (exact) mass is 506 g/mol. The fraction of sp³-hybridized carbons (Fsp3) is 0.440. The number of carbonyl (C=O) groups excluding carboxylic acids is 2. The highest BCUT2D eigenvalue weighted by atomic mass is 35.5. The zero-order valence-electron chi connectivity index (χ0n) is 19.8. The Bertz CT molecular complexity index is 983. The summed E-state index contributed by atoms with van der Waals surface area (Å²) < 4.78 is 0. The number of anilines is 2. The minimum absolute atomic E-state index is 0.272. The predicted molar refractivity (Wildman–Crippen MR) is 137 cm³/mol. The number of nitrogens with zero attached hydrogens (tertiary/aromatic N) is 3. The molecule has 1 saturated heterocycles. The van der Waals surface area contributed by atoms with E-state index in [1.165, 1.54) is 4.90 Å². The molecule has 9 heteroatoms. The highest BCUT2D eigenvalue weighted by Crippen LogP contribution is 2.38. The van der Waals surface area contributed by atoms with Gasteiger partial charge in [-0.3, -0.25) is 10.1 Å². The first-order chi connectivity index (χ1) is 16.2. The van der Waals surface area contributed by atoms with Gasteiger partial charge in [0.1, 0.15) is 0 Å². The number of amides is 4. The zero-order valence-corrected chi connectivity index (χ0v) is 21.3. The molecule has 1 aliphatic heterocycles. The maximum Gasteiger partial charge on any atom is 0.347 e. The van der Waals surface area contributed by atoms with Gasteiger partial charge in [-0.25, -0.2) is 9.59 Å². The summed E-state index contributed by atoms with van der Waals surface area (Å²) in [6, 6.07) is 12.3. The number of urea groups is 2. The minimum atomic E-state index is -0.968. The Morgan fingerprint density at radius 1 is 1.00 bits per heavy atom. The largest absolute Gasteiger partial charge is 0.347 e. The second-order valence-corrected chi connectivity index (χ2v) is 9.88. The van der Waals surface area contributed by atoms with Crippen molar-refractivity contribution in [1.82, 2.24) is 9.96 Å². The molecule has 1 unspecified atom stereocenters. The molecule has 0 radical (unpaired) electrons. The van der Waals surface area contributed by atoms with Crippen molar-refractivity contribution in [2.75, 3.05) is 16.8 Å². The van der Waals surface area contributed by atoms with Gasteiger partial charge in [0.15, 0.2) is 6.17 Å². The minimum Gasteiger partial charge on any atom is -0.315 e. The molecule has 3 rings (SSSR count). The number of carbonyl (C=O) groups is 2. The molecule has 0 bridgehead atoms. The zero-order chi connectivity index (χ0) is 24.9. The van der Waals surface area contributed by atoms with Crippen molar-refractivity contribution in [3.05, 3.63) is 58.6 Å². The lowest BCUT2D eigenvalue weighted by molar-refractivity contribution is -0.0949. The topological polar surface area (TPSA) is 76.1 Å². The van der Waals surface area contributed by atoms with Crippen LogP contribution in [0.5, 0.6) is 0 Å². The molecular weight excluding hydrogens is 475 g/mol. The van der Waals surface area contributed by atoms with Crippen LogP contribution < -0.4 is 10.2 Å². The molecule has 1 heterocycles. The van der Waals surface area contributed by atoms with Gasteiger partial charge < -0.3 is 10.2 Å². The first-order valence-electron chi connectivity index (χ1n) is 11.6. The second kappa shape index (κ2) is 11.3. The number of benzene rings is 2. The number of hydrogen-bond acceptors (Lipinski definition) is 3. The first-order valence-corrected chi connectivity index (χ1v) is 12.3. The predicted octanol–water partition coefficient (Wildman–Crippen LogP) is 7.23. The molecule has 7 nitrogen and oxygen atoms in total. The molecule has 184 valence electrons. The molecule has 2 N–H and O–H groups in total. The van der Waals surface area contributed by atoms with Crippen molar-refractivity contribution >= 4 is 46.6 Å². The lowest BCUT2D eigenvalue weighted by Crippen LogP contribution is -2.58. The van der Waals surface area contributed by atoms with E-state index < -0.39 is 17.7 Å². The van der Waals surface area contributed by atoms with Gasteiger partial charge in [-0.2, -0.15) is 5.06 Å². The number of halogens is 2. The fourth-order valence-electron chi connectivity index (χ4n) is 4.28. The van der Waals surface area contributed by atoms with E-state index in [2.05, 4.69) is 12.2 Å². The molecule has 4 amide bonds. The average molecular weight is 507 g/mol. The average Bonchev–Trinajstić information content (AvgIpc) is 3.00. The summed E-state index contributed by atoms with van der Waals surface area (Å²) in [6.07, 6.45) is 4.30. The van der Waals surface area contributed by atoms with Gasteiger partial charge in [0, 0.05) is 28.0 Å². The van der Waals surface area contributed by atoms with Gasteiger partial charge in [0.25, 0.3) is 0 Å². The normalized spacial score (nSPS) is 17.2. The lowest BCUT2D eigenvalue weighted by Gasteiger charge is -2.38. The van der Waals surface area contributed by atoms with E-state index in [1.54, 1.807) is 53.4 Å². The number of hydroxylamine groups is 2. The highest BCUT2D eigenvalue weighted by molar-refractivity contribution is 6.31. The van der Waals surface area contributed by atoms with Gasteiger partial charge in [-0.15, -0.1) is 0 Å². The summed E-state index contributed by atoms with van der Waals surface area (Å²) in [7, 11) is 0. The van der Waals surface area contributed by atoms with E-state index in [9.17, 15) is 14.8 Å². The fourth-order valence-corrected chi connectivity index (χ4v) is 4.53. The third-order valence-corrected chi connectivity index (χ3v) is 6.64. The standard InChI is InChI=1S/C25H32Cl2N4O3/c1-4-5-6-7-8-17-29-24(33)30(21-15-11-19(27)12-16-21)22(25(29,2)3)31(34)23(32)28-20-13-9-18(26)10-14-20/h9-16,22,34H,4-8,17H2,1-3H3,(H,28,32). The summed E-state index contributed by atoms with van der Waals surface area (Å²) in [5.41, 5.74) is 0.147. The van der Waals surface area contributed by atoms with Gasteiger partial charge in [0.05, 0.1) is 5.54 Å². The number of nitrogens with one attached hydrogen (secondary N) is 1. The van der Waals surface area contributed by atoms with Crippen LogP contribution in [0.2, 0.25) is 10.0 Å². The van der Waals surface area contributed by atoms with Crippen LogP contribution in [0.25, 0.3) is 0 Å². The van der Waals surface area contributed by atoms with Crippen LogP contribution in [0.1, 0.15) is 52.9 Å². The molecule has 0 saturated carbocycles. The van der Waals surface area contributed by atoms with E-state index in [0.29, 0.717) is 33.0 Å². The molecule has 34 heavy (non-hydrogen) atoms. The first kappa shape index (κ1) is 26.1. The van der Waals surface area contributed by atoms with Gasteiger partial charge in [-0.05, 0) is 68.8 Å². The maximum absolute atomic E-state index is 13.6. The van der Waals surface area contributed by atoms with Crippen molar-refractivity contribution in [1.29, 1.82) is 0 Å². The summed E-state index contributed by atoms with van der Waals surface area (Å²) >= 11 is 12.0. The Balaban J connectivity index is 1.87. The lowest BCUT2D eigenvalue weighted by atomic mass is 9.99. The maximum atomic E-state index is 13.6. The van der Waals surface area contributed by atoms with E-state index in [0.717, 1.165) is 32.1 Å². The quantitative estimate of drug-likeness (QED) is 0.214. The third kappa shape index (κ3) is 5.77. The van der Waals surface area contributed by atoms with Crippen molar-refractivity contribution in [2.45, 2.75) is 64.6 Å². The Morgan fingerprint density at radius 2 is 1.56 bits per heavy atom. The van der Waals surface area contributed by atoms with E-state index in [1.807, 2.05) is 13.8 Å². The molecule has 1 fully saturated rings. The summed E-state index contributed by atoms with van der Waals surface area (Å²) in [5.74, 6) is 0. The van der Waals surface area contributed by atoms with Crippen LogP contribution in [0.4, 0.5) is 21.0 Å². The molecule has 0 spiro atoms. The second-order valence-electron chi connectivity index (χ2n) is 9.00. The molecule has 1 aliphatic rings. The van der Waals surface area contributed by atoms with Crippen LogP contribution in [-0.4, -0.2) is 45.5 Å². The Kier molecular flexibility index (Phi) is 8.68. The van der Waals surface area contributed by atoms with Crippen molar-refractivity contribution < 1.29 is 14.8 Å². The molecular formula is C25H32Cl2N4O3. The molecule has 0 aromatic heterocycles. The Hall–Kier alpha value is -2.48. The van der Waals surface area contributed by atoms with Crippen LogP contribution in [0.15, 0.2) is 48.5 Å². The Labute approximate surface area is 211 Å². The Morgan fingerprint density at radius 3 is 2.15 bits per heavy atom. The van der Waals surface area contributed by atoms with Gasteiger partial charge in [0.2, 0.25) is 0 Å².